The molecule has 9 heteroatoms. The number of piperidine rings is 1. The number of hydrogen-bond acceptors (Lipinski definition) is 6. The first-order chi connectivity index (χ1) is 17.1. The SMILES string of the molecule is CC(C)(C)NC(=O)OCC1(CCNc2cccc3c2CN(C2CCC(=O)NC2=O)C3=O)CCCCC1. The highest BCUT2D eigenvalue weighted by molar-refractivity contribution is 6.06. The second-order valence-electron chi connectivity index (χ2n) is 11.4. The lowest BCUT2D eigenvalue weighted by atomic mass is 9.72. The van der Waals surface area contributed by atoms with E-state index >= 15 is 0 Å². The molecule has 0 bridgehead atoms. The van der Waals surface area contributed by atoms with E-state index in [9.17, 15) is 19.2 Å². The van der Waals surface area contributed by atoms with E-state index in [0.717, 1.165) is 43.4 Å². The van der Waals surface area contributed by atoms with E-state index in [4.69, 9.17) is 4.74 Å². The fourth-order valence-electron chi connectivity index (χ4n) is 5.54. The summed E-state index contributed by atoms with van der Waals surface area (Å²) < 4.78 is 5.66. The van der Waals surface area contributed by atoms with Crippen molar-refractivity contribution in [2.75, 3.05) is 18.5 Å². The van der Waals surface area contributed by atoms with Crippen molar-refractivity contribution in [1.82, 2.24) is 15.5 Å². The Morgan fingerprint density at radius 2 is 1.92 bits per heavy atom. The zero-order valence-electron chi connectivity index (χ0n) is 21.6. The standard InChI is InChI=1S/C27H38N4O5/c1-26(2,3)30-25(35)36-17-27(12-5-4-6-13-27)14-15-28-20-9-7-8-18-19(20)16-31(24(18)34)21-10-11-22(32)29-23(21)33/h7-9,21,28H,4-6,10-17H2,1-3H3,(H,30,35)(H,29,32,33). The molecule has 3 aliphatic rings. The molecule has 0 radical (unpaired) electrons. The largest absolute Gasteiger partial charge is 0.449 e. The number of carbonyl (C=O) groups is 4. The van der Waals surface area contributed by atoms with Gasteiger partial charge in [0.2, 0.25) is 11.8 Å². The molecule has 2 fully saturated rings. The second-order valence-corrected chi connectivity index (χ2v) is 11.4. The molecule has 36 heavy (non-hydrogen) atoms. The van der Waals surface area contributed by atoms with Gasteiger partial charge in [0.05, 0.1) is 6.61 Å². The van der Waals surface area contributed by atoms with Gasteiger partial charge in [0.25, 0.3) is 5.91 Å². The van der Waals surface area contributed by atoms with E-state index in [-0.39, 0.29) is 35.3 Å². The topological polar surface area (TPSA) is 117 Å². The molecule has 4 rings (SSSR count). The highest BCUT2D eigenvalue weighted by Crippen LogP contribution is 2.40. The molecule has 3 N–H and O–H groups in total. The highest BCUT2D eigenvalue weighted by Gasteiger charge is 2.40. The summed E-state index contributed by atoms with van der Waals surface area (Å²) in [4.78, 5) is 50.8. The molecule has 0 aromatic heterocycles. The number of fused-ring (bicyclic) bond motifs is 1. The van der Waals surface area contributed by atoms with Crippen molar-refractivity contribution in [3.63, 3.8) is 0 Å². The first-order valence-corrected chi connectivity index (χ1v) is 13.0. The van der Waals surface area contributed by atoms with Gasteiger partial charge in [0.1, 0.15) is 6.04 Å². The Bertz CT molecular complexity index is 1030. The Morgan fingerprint density at radius 3 is 2.61 bits per heavy atom. The number of amides is 4. The van der Waals surface area contributed by atoms with Crippen molar-refractivity contribution >= 4 is 29.5 Å². The predicted molar refractivity (Wildman–Crippen MR) is 135 cm³/mol. The van der Waals surface area contributed by atoms with Crippen LogP contribution in [0.2, 0.25) is 0 Å². The summed E-state index contributed by atoms with van der Waals surface area (Å²) >= 11 is 0. The van der Waals surface area contributed by atoms with Crippen LogP contribution in [-0.2, 0) is 20.9 Å². The van der Waals surface area contributed by atoms with Crippen LogP contribution in [0.15, 0.2) is 18.2 Å². The molecule has 2 heterocycles. The van der Waals surface area contributed by atoms with Crippen LogP contribution in [0.4, 0.5) is 10.5 Å². The number of rotatable bonds is 7. The van der Waals surface area contributed by atoms with Crippen LogP contribution in [-0.4, -0.2) is 53.4 Å². The summed E-state index contributed by atoms with van der Waals surface area (Å²) in [5.41, 5.74) is 1.95. The summed E-state index contributed by atoms with van der Waals surface area (Å²) in [6.45, 7) is 7.21. The lowest BCUT2D eigenvalue weighted by Crippen LogP contribution is -2.52. The zero-order chi connectivity index (χ0) is 25.9. The van der Waals surface area contributed by atoms with E-state index < -0.39 is 11.9 Å². The first kappa shape index (κ1) is 26.0. The van der Waals surface area contributed by atoms with Crippen LogP contribution < -0.4 is 16.0 Å². The van der Waals surface area contributed by atoms with Crippen molar-refractivity contribution in [2.45, 2.75) is 90.3 Å². The molecular weight excluding hydrogens is 460 g/mol. The summed E-state index contributed by atoms with van der Waals surface area (Å²) in [5, 5.41) is 8.73. The third-order valence-electron chi connectivity index (χ3n) is 7.45. The fourth-order valence-corrected chi connectivity index (χ4v) is 5.54. The number of benzene rings is 1. The predicted octanol–water partition coefficient (Wildman–Crippen LogP) is 3.72. The Morgan fingerprint density at radius 1 is 1.17 bits per heavy atom. The van der Waals surface area contributed by atoms with Crippen molar-refractivity contribution in [3.05, 3.63) is 29.3 Å². The van der Waals surface area contributed by atoms with Gasteiger partial charge in [-0.05, 0) is 58.6 Å². The van der Waals surface area contributed by atoms with E-state index in [1.807, 2.05) is 32.9 Å². The van der Waals surface area contributed by atoms with Crippen molar-refractivity contribution in [1.29, 1.82) is 0 Å². The quantitative estimate of drug-likeness (QED) is 0.493. The van der Waals surface area contributed by atoms with Crippen LogP contribution in [0, 0.1) is 5.41 Å². The average molecular weight is 499 g/mol. The van der Waals surface area contributed by atoms with Gasteiger partial charge < -0.3 is 20.3 Å². The molecule has 1 aliphatic carbocycles. The minimum atomic E-state index is -0.627. The van der Waals surface area contributed by atoms with Gasteiger partial charge in [-0.25, -0.2) is 4.79 Å². The molecular formula is C27H38N4O5. The normalized spacial score (nSPS) is 21.6. The van der Waals surface area contributed by atoms with E-state index in [1.165, 1.54) is 6.42 Å². The van der Waals surface area contributed by atoms with Crippen LogP contribution >= 0.6 is 0 Å². The maximum atomic E-state index is 13.1. The number of ether oxygens (including phenoxy) is 1. The maximum absolute atomic E-state index is 13.1. The van der Waals surface area contributed by atoms with Gasteiger partial charge >= 0.3 is 6.09 Å². The number of nitrogens with one attached hydrogen (secondary N) is 3. The Kier molecular flexibility index (Phi) is 7.57. The summed E-state index contributed by atoms with van der Waals surface area (Å²) in [5.74, 6) is -0.874. The maximum Gasteiger partial charge on any atom is 0.407 e. The average Bonchev–Trinajstić information content (AvgIpc) is 3.15. The lowest BCUT2D eigenvalue weighted by Gasteiger charge is -2.37. The Labute approximate surface area is 212 Å². The van der Waals surface area contributed by atoms with Crippen LogP contribution in [0.1, 0.15) is 88.1 Å². The van der Waals surface area contributed by atoms with Crippen molar-refractivity contribution < 1.29 is 23.9 Å². The number of hydrogen-bond donors (Lipinski definition) is 3. The zero-order valence-corrected chi connectivity index (χ0v) is 21.6. The van der Waals surface area contributed by atoms with Gasteiger partial charge in [-0.2, -0.15) is 0 Å². The number of imide groups is 1. The fraction of sp³-hybridized carbons (Fsp3) is 0.630. The van der Waals surface area contributed by atoms with Gasteiger partial charge in [-0.15, -0.1) is 0 Å². The van der Waals surface area contributed by atoms with Crippen molar-refractivity contribution in [2.24, 2.45) is 5.41 Å². The molecule has 4 amide bonds. The van der Waals surface area contributed by atoms with E-state index in [2.05, 4.69) is 16.0 Å². The Hall–Kier alpha value is -3.10. The van der Waals surface area contributed by atoms with E-state index in [1.54, 1.807) is 11.0 Å². The molecule has 1 saturated heterocycles. The van der Waals surface area contributed by atoms with Gasteiger partial charge in [0.15, 0.2) is 0 Å². The monoisotopic (exact) mass is 498 g/mol. The van der Waals surface area contributed by atoms with Gasteiger partial charge in [0, 0.05) is 47.3 Å². The number of carbonyl (C=O) groups excluding carboxylic acids is 4. The summed E-state index contributed by atoms with van der Waals surface area (Å²) in [6.07, 6.45) is 6.54. The van der Waals surface area contributed by atoms with E-state index in [0.29, 0.717) is 31.7 Å². The summed E-state index contributed by atoms with van der Waals surface area (Å²) in [7, 11) is 0. The molecule has 1 atom stereocenters. The summed E-state index contributed by atoms with van der Waals surface area (Å²) in [6, 6.07) is 4.97. The number of anilines is 1. The van der Waals surface area contributed by atoms with Crippen LogP contribution in [0.5, 0.6) is 0 Å². The van der Waals surface area contributed by atoms with Gasteiger partial charge in [-0.1, -0.05) is 25.3 Å². The third-order valence-corrected chi connectivity index (χ3v) is 7.45. The molecule has 1 aromatic carbocycles. The van der Waals surface area contributed by atoms with Crippen molar-refractivity contribution in [3.8, 4) is 0 Å². The molecule has 0 spiro atoms. The lowest BCUT2D eigenvalue weighted by molar-refractivity contribution is -0.136. The highest BCUT2D eigenvalue weighted by atomic mass is 16.5. The molecule has 1 aromatic rings. The van der Waals surface area contributed by atoms with Crippen LogP contribution in [0.25, 0.3) is 0 Å². The minimum absolute atomic E-state index is 0.0625. The number of nitrogens with zero attached hydrogens (tertiary/aromatic N) is 1. The second kappa shape index (κ2) is 10.5. The number of alkyl carbamates (subject to hydrolysis) is 1. The first-order valence-electron chi connectivity index (χ1n) is 13.0. The Balaban J connectivity index is 1.39. The molecule has 1 saturated carbocycles. The minimum Gasteiger partial charge on any atom is -0.449 e. The molecule has 2 aliphatic heterocycles. The third kappa shape index (κ3) is 5.99. The molecule has 196 valence electrons. The van der Waals surface area contributed by atoms with Gasteiger partial charge in [-0.3, -0.25) is 19.7 Å². The molecule has 1 unspecified atom stereocenters. The smallest absolute Gasteiger partial charge is 0.407 e. The van der Waals surface area contributed by atoms with Crippen LogP contribution in [0.3, 0.4) is 0 Å². The molecule has 9 nitrogen and oxygen atoms in total.